The maximum Gasteiger partial charge on any atom is 0.416 e. The lowest BCUT2D eigenvalue weighted by molar-refractivity contribution is -0.137. The van der Waals surface area contributed by atoms with Gasteiger partial charge >= 0.3 is 6.18 Å². The topological polar surface area (TPSA) is 38.3 Å². The highest BCUT2D eigenvalue weighted by molar-refractivity contribution is 5.94. The Balaban J connectivity index is 2.08. The van der Waals surface area contributed by atoms with Crippen LogP contribution in [-0.4, -0.2) is 12.0 Å². The Morgan fingerprint density at radius 1 is 1.17 bits per heavy atom. The summed E-state index contributed by atoms with van der Waals surface area (Å²) in [7, 11) is 0. The summed E-state index contributed by atoms with van der Waals surface area (Å²) in [6, 6.07) is 11.7. The predicted octanol–water partition coefficient (Wildman–Crippen LogP) is 4.81. The van der Waals surface area contributed by atoms with E-state index >= 15 is 0 Å². The fourth-order valence-corrected chi connectivity index (χ4v) is 2.10. The van der Waals surface area contributed by atoms with Crippen molar-refractivity contribution >= 4 is 11.6 Å². The Morgan fingerprint density at radius 3 is 2.42 bits per heavy atom. The van der Waals surface area contributed by atoms with Crippen LogP contribution in [0.5, 0.6) is 5.75 Å². The summed E-state index contributed by atoms with van der Waals surface area (Å²) >= 11 is 0. The second kappa shape index (κ2) is 7.38. The van der Waals surface area contributed by atoms with E-state index < -0.39 is 23.8 Å². The lowest BCUT2D eigenvalue weighted by atomic mass is 10.2. The number of rotatable bonds is 5. The number of alkyl halides is 3. The third kappa shape index (κ3) is 4.75. The highest BCUT2D eigenvalue weighted by Crippen LogP contribution is 2.30. The minimum Gasteiger partial charge on any atom is -0.481 e. The number of nitrogens with one attached hydrogen (secondary N) is 1. The number of anilines is 1. The van der Waals surface area contributed by atoms with Crippen LogP contribution in [0.1, 0.15) is 24.5 Å². The van der Waals surface area contributed by atoms with E-state index in [9.17, 15) is 18.0 Å². The second-order valence-electron chi connectivity index (χ2n) is 5.40. The molecule has 0 spiro atoms. The van der Waals surface area contributed by atoms with Crippen molar-refractivity contribution in [1.82, 2.24) is 0 Å². The molecule has 1 amide bonds. The molecule has 3 nitrogen and oxygen atoms in total. The number of amides is 1. The Labute approximate surface area is 138 Å². The number of halogens is 3. The molecule has 1 N–H and O–H groups in total. The monoisotopic (exact) mass is 337 g/mol. The number of aryl methyl sites for hydroxylation is 1. The SMILES string of the molecule is CCC(Oc1ccc(C)cc1)C(=O)Nc1cccc(C(F)(F)F)c1. The van der Waals surface area contributed by atoms with E-state index in [-0.39, 0.29) is 5.69 Å². The van der Waals surface area contributed by atoms with Crippen LogP contribution in [0.2, 0.25) is 0 Å². The van der Waals surface area contributed by atoms with Gasteiger partial charge in [-0.05, 0) is 43.7 Å². The average molecular weight is 337 g/mol. The van der Waals surface area contributed by atoms with Crippen LogP contribution in [0, 0.1) is 6.92 Å². The molecular weight excluding hydrogens is 319 g/mol. The van der Waals surface area contributed by atoms with Crippen LogP contribution in [0.4, 0.5) is 18.9 Å². The van der Waals surface area contributed by atoms with E-state index in [1.807, 2.05) is 19.1 Å². The van der Waals surface area contributed by atoms with Crippen molar-refractivity contribution in [3.8, 4) is 5.75 Å². The van der Waals surface area contributed by atoms with Crippen LogP contribution in [0.15, 0.2) is 48.5 Å². The minimum atomic E-state index is -4.46. The first kappa shape index (κ1) is 17.8. The summed E-state index contributed by atoms with van der Waals surface area (Å²) in [6.45, 7) is 3.70. The third-order valence-corrected chi connectivity index (χ3v) is 3.42. The Bertz CT molecular complexity index is 696. The van der Waals surface area contributed by atoms with Crippen molar-refractivity contribution in [2.75, 3.05) is 5.32 Å². The van der Waals surface area contributed by atoms with E-state index in [2.05, 4.69) is 5.32 Å². The predicted molar refractivity (Wildman–Crippen MR) is 86.0 cm³/mol. The molecule has 0 heterocycles. The van der Waals surface area contributed by atoms with Gasteiger partial charge in [-0.25, -0.2) is 0 Å². The molecule has 6 heteroatoms. The molecule has 0 aliphatic rings. The Hall–Kier alpha value is -2.50. The van der Waals surface area contributed by atoms with E-state index in [1.54, 1.807) is 19.1 Å². The zero-order valence-corrected chi connectivity index (χ0v) is 13.4. The van der Waals surface area contributed by atoms with Gasteiger partial charge in [0, 0.05) is 5.69 Å². The molecule has 2 rings (SSSR count). The first-order valence-electron chi connectivity index (χ1n) is 7.51. The van der Waals surface area contributed by atoms with Gasteiger partial charge in [-0.2, -0.15) is 13.2 Å². The van der Waals surface area contributed by atoms with Gasteiger partial charge in [0.05, 0.1) is 5.56 Å². The molecule has 0 aromatic heterocycles. The van der Waals surface area contributed by atoms with Gasteiger partial charge in [-0.15, -0.1) is 0 Å². The number of carbonyl (C=O) groups is 1. The lowest BCUT2D eigenvalue weighted by Gasteiger charge is -2.18. The summed E-state index contributed by atoms with van der Waals surface area (Å²) in [4.78, 5) is 12.3. The highest BCUT2D eigenvalue weighted by Gasteiger charge is 2.30. The maximum absolute atomic E-state index is 12.7. The molecule has 2 aromatic rings. The van der Waals surface area contributed by atoms with Gasteiger partial charge in [0.2, 0.25) is 0 Å². The van der Waals surface area contributed by atoms with Crippen LogP contribution in [-0.2, 0) is 11.0 Å². The van der Waals surface area contributed by atoms with Gasteiger partial charge in [0.1, 0.15) is 5.75 Å². The standard InChI is InChI=1S/C18H18F3NO2/c1-3-16(24-15-9-7-12(2)8-10-15)17(23)22-14-6-4-5-13(11-14)18(19,20)21/h4-11,16H,3H2,1-2H3,(H,22,23). The van der Waals surface area contributed by atoms with Crippen molar-refractivity contribution in [3.63, 3.8) is 0 Å². The fourth-order valence-electron chi connectivity index (χ4n) is 2.10. The highest BCUT2D eigenvalue weighted by atomic mass is 19.4. The quantitative estimate of drug-likeness (QED) is 0.850. The summed E-state index contributed by atoms with van der Waals surface area (Å²) in [5.41, 5.74) is 0.331. The molecule has 0 aliphatic carbocycles. The van der Waals surface area contributed by atoms with Crippen LogP contribution in [0.25, 0.3) is 0 Å². The lowest BCUT2D eigenvalue weighted by Crippen LogP contribution is -2.32. The van der Waals surface area contributed by atoms with E-state index in [4.69, 9.17) is 4.74 Å². The van der Waals surface area contributed by atoms with Crippen LogP contribution in [0.3, 0.4) is 0 Å². The first-order chi connectivity index (χ1) is 11.3. The first-order valence-corrected chi connectivity index (χ1v) is 7.51. The van der Waals surface area contributed by atoms with Gasteiger partial charge < -0.3 is 10.1 Å². The van der Waals surface area contributed by atoms with Gasteiger partial charge in [0.15, 0.2) is 6.10 Å². The molecule has 0 saturated heterocycles. The average Bonchev–Trinajstić information content (AvgIpc) is 2.53. The summed E-state index contributed by atoms with van der Waals surface area (Å²) in [5, 5.41) is 2.47. The number of benzene rings is 2. The molecule has 0 saturated carbocycles. The summed E-state index contributed by atoms with van der Waals surface area (Å²) < 4.78 is 43.8. The van der Waals surface area contributed by atoms with E-state index in [1.165, 1.54) is 12.1 Å². The molecule has 1 unspecified atom stereocenters. The van der Waals surface area contributed by atoms with Crippen LogP contribution < -0.4 is 10.1 Å². The van der Waals surface area contributed by atoms with Crippen molar-refractivity contribution < 1.29 is 22.7 Å². The largest absolute Gasteiger partial charge is 0.481 e. The number of ether oxygens (including phenoxy) is 1. The van der Waals surface area contributed by atoms with Gasteiger partial charge in [-0.1, -0.05) is 30.7 Å². The molecule has 24 heavy (non-hydrogen) atoms. The molecule has 128 valence electrons. The summed E-state index contributed by atoms with van der Waals surface area (Å²) in [6.07, 6.45) is -4.86. The molecule has 2 aromatic carbocycles. The van der Waals surface area contributed by atoms with Crippen molar-refractivity contribution in [2.45, 2.75) is 32.5 Å². The van der Waals surface area contributed by atoms with Crippen LogP contribution >= 0.6 is 0 Å². The number of hydrogen-bond donors (Lipinski definition) is 1. The van der Waals surface area contributed by atoms with Crippen molar-refractivity contribution in [1.29, 1.82) is 0 Å². The third-order valence-electron chi connectivity index (χ3n) is 3.42. The second-order valence-corrected chi connectivity index (χ2v) is 5.40. The number of hydrogen-bond acceptors (Lipinski definition) is 2. The minimum absolute atomic E-state index is 0.0841. The molecule has 0 fully saturated rings. The van der Waals surface area contributed by atoms with E-state index in [0.29, 0.717) is 12.2 Å². The molecule has 0 radical (unpaired) electrons. The molecule has 0 bridgehead atoms. The van der Waals surface area contributed by atoms with Gasteiger partial charge in [-0.3, -0.25) is 4.79 Å². The van der Waals surface area contributed by atoms with Gasteiger partial charge in [0.25, 0.3) is 5.91 Å². The van der Waals surface area contributed by atoms with Crippen molar-refractivity contribution in [2.24, 2.45) is 0 Å². The maximum atomic E-state index is 12.7. The smallest absolute Gasteiger partial charge is 0.416 e. The Morgan fingerprint density at radius 2 is 1.83 bits per heavy atom. The Kier molecular flexibility index (Phi) is 5.49. The zero-order chi connectivity index (χ0) is 17.7. The summed E-state index contributed by atoms with van der Waals surface area (Å²) in [5.74, 6) is 0.0454. The molecule has 0 aliphatic heterocycles. The normalized spacial score (nSPS) is 12.5. The molecular formula is C18H18F3NO2. The number of carbonyl (C=O) groups excluding carboxylic acids is 1. The molecule has 1 atom stereocenters. The zero-order valence-electron chi connectivity index (χ0n) is 13.4. The van der Waals surface area contributed by atoms with E-state index in [0.717, 1.165) is 17.7 Å². The van der Waals surface area contributed by atoms with Crippen molar-refractivity contribution in [3.05, 3.63) is 59.7 Å². The fraction of sp³-hybridized carbons (Fsp3) is 0.278.